The number of nitrogens with zero attached hydrogens (tertiary/aromatic N) is 2. The summed E-state index contributed by atoms with van der Waals surface area (Å²) in [6.07, 6.45) is 12.4. The van der Waals surface area contributed by atoms with Crippen molar-refractivity contribution in [1.82, 2.24) is 4.90 Å². The lowest BCUT2D eigenvalue weighted by atomic mass is 9.78. The maximum absolute atomic E-state index is 6.37. The molecule has 4 heteroatoms. The van der Waals surface area contributed by atoms with Gasteiger partial charge in [0.25, 0.3) is 0 Å². The number of hydrogen-bond acceptors (Lipinski definition) is 3. The second-order valence-corrected chi connectivity index (χ2v) is 8.88. The van der Waals surface area contributed by atoms with Gasteiger partial charge in [-0.15, -0.1) is 8.20 Å². The van der Waals surface area contributed by atoms with Crippen molar-refractivity contribution in [3.05, 3.63) is 69.3 Å². The maximum Gasteiger partial charge on any atom is 0.0860 e. The van der Waals surface area contributed by atoms with Gasteiger partial charge in [0.2, 0.25) is 0 Å². The van der Waals surface area contributed by atoms with Crippen molar-refractivity contribution in [3.63, 3.8) is 0 Å². The van der Waals surface area contributed by atoms with E-state index in [-0.39, 0.29) is 0 Å². The molecular weight excluding hydrogens is 349 g/mol. The van der Waals surface area contributed by atoms with Crippen molar-refractivity contribution in [3.8, 4) is 0 Å². The SMILES string of the molecule is C=C1C2=C(C=C3C(=NC)/C(=C4/CCCC5=C(N)CCC=C54)CN13)CC=PC2. The first-order chi connectivity index (χ1) is 13.2. The maximum atomic E-state index is 6.37. The molecule has 3 heterocycles. The topological polar surface area (TPSA) is 41.6 Å². The van der Waals surface area contributed by atoms with Gasteiger partial charge in [0.1, 0.15) is 0 Å². The zero-order chi connectivity index (χ0) is 18.5. The second-order valence-electron chi connectivity index (χ2n) is 7.84. The number of aliphatic imine (C=N–C) groups is 1. The lowest BCUT2D eigenvalue weighted by Gasteiger charge is -2.31. The molecule has 0 bridgehead atoms. The molecule has 3 aliphatic heterocycles. The number of nitrogens with two attached hydrogens (primary N) is 1. The van der Waals surface area contributed by atoms with Gasteiger partial charge in [0, 0.05) is 30.2 Å². The van der Waals surface area contributed by atoms with Crippen LogP contribution in [0.2, 0.25) is 0 Å². The number of rotatable bonds is 0. The van der Waals surface area contributed by atoms with Crippen molar-refractivity contribution in [2.75, 3.05) is 19.8 Å². The van der Waals surface area contributed by atoms with Crippen LogP contribution in [0.1, 0.15) is 38.5 Å². The Bertz CT molecular complexity index is 966. The van der Waals surface area contributed by atoms with Crippen molar-refractivity contribution < 1.29 is 0 Å². The van der Waals surface area contributed by atoms with E-state index in [4.69, 9.17) is 10.7 Å². The average Bonchev–Trinajstić information content (AvgIpc) is 3.07. The van der Waals surface area contributed by atoms with E-state index < -0.39 is 0 Å². The molecule has 0 atom stereocenters. The first-order valence-electron chi connectivity index (χ1n) is 9.95. The van der Waals surface area contributed by atoms with E-state index in [1.807, 2.05) is 7.05 Å². The summed E-state index contributed by atoms with van der Waals surface area (Å²) in [4.78, 5) is 7.15. The zero-order valence-corrected chi connectivity index (χ0v) is 16.9. The standard InChI is InChI=1S/C23H26N3P/c1-14-20-13-27-10-9-15(20)11-22-23(25-2)19(12-26(14)22)17-5-3-7-18-16(17)6-4-8-21(18)24/h6,10-11H,1,3-5,7-9,12-13,24H2,2H3/b19-17-,25-23?. The molecule has 0 spiro atoms. The molecule has 0 amide bonds. The third kappa shape index (κ3) is 2.56. The van der Waals surface area contributed by atoms with E-state index >= 15 is 0 Å². The third-order valence-electron chi connectivity index (χ3n) is 6.44. The van der Waals surface area contributed by atoms with Gasteiger partial charge in [-0.1, -0.05) is 18.5 Å². The first-order valence-corrected chi connectivity index (χ1v) is 11.1. The number of fused-ring (bicyclic) bond motifs is 2. The summed E-state index contributed by atoms with van der Waals surface area (Å²) < 4.78 is 0. The summed E-state index contributed by atoms with van der Waals surface area (Å²) >= 11 is 0. The number of allylic oxidation sites excluding steroid dienone is 9. The number of hydrogen-bond donors (Lipinski definition) is 1. The molecule has 5 rings (SSSR count). The molecule has 3 nitrogen and oxygen atoms in total. The molecule has 138 valence electrons. The Hall–Kier alpha value is -2.12. The van der Waals surface area contributed by atoms with Gasteiger partial charge in [-0.2, -0.15) is 0 Å². The van der Waals surface area contributed by atoms with Crippen LogP contribution in [0.4, 0.5) is 0 Å². The van der Waals surface area contributed by atoms with Crippen LogP contribution in [0.25, 0.3) is 0 Å². The fraction of sp³-hybridized carbons (Fsp3) is 0.391. The molecule has 1 saturated heterocycles. The normalized spacial score (nSPS) is 29.6. The van der Waals surface area contributed by atoms with Crippen molar-refractivity contribution in [2.45, 2.75) is 38.5 Å². The molecule has 0 radical (unpaired) electrons. The van der Waals surface area contributed by atoms with Gasteiger partial charge in [-0.25, -0.2) is 0 Å². The largest absolute Gasteiger partial charge is 0.402 e. The van der Waals surface area contributed by atoms with Crippen LogP contribution in [0, 0.1) is 0 Å². The smallest absolute Gasteiger partial charge is 0.0860 e. The summed E-state index contributed by atoms with van der Waals surface area (Å²) in [6, 6.07) is 0. The van der Waals surface area contributed by atoms with Crippen LogP contribution in [0.5, 0.6) is 0 Å². The monoisotopic (exact) mass is 375 g/mol. The highest BCUT2D eigenvalue weighted by molar-refractivity contribution is 7.38. The van der Waals surface area contributed by atoms with E-state index in [0.717, 1.165) is 56.2 Å². The molecule has 2 N–H and O–H groups in total. The van der Waals surface area contributed by atoms with Crippen molar-refractivity contribution in [1.29, 1.82) is 0 Å². The molecule has 1 saturated carbocycles. The fourth-order valence-corrected chi connectivity index (χ4v) is 6.10. The predicted octanol–water partition coefficient (Wildman–Crippen LogP) is 4.65. The van der Waals surface area contributed by atoms with Gasteiger partial charge in [0.05, 0.1) is 18.0 Å². The highest BCUT2D eigenvalue weighted by Crippen LogP contribution is 2.45. The van der Waals surface area contributed by atoms with Gasteiger partial charge in [-0.3, -0.25) is 4.99 Å². The van der Waals surface area contributed by atoms with Gasteiger partial charge >= 0.3 is 0 Å². The van der Waals surface area contributed by atoms with Crippen LogP contribution in [0.15, 0.2) is 74.3 Å². The minimum absolute atomic E-state index is 0.897. The molecule has 2 aliphatic carbocycles. The molecule has 0 aromatic rings. The molecule has 0 aromatic heterocycles. The Morgan fingerprint density at radius 3 is 2.85 bits per heavy atom. The molecule has 0 unspecified atom stereocenters. The highest BCUT2D eigenvalue weighted by atomic mass is 31.1. The van der Waals surface area contributed by atoms with Crippen molar-refractivity contribution in [2.24, 2.45) is 10.7 Å². The van der Waals surface area contributed by atoms with Crippen molar-refractivity contribution >= 4 is 19.7 Å². The molecule has 0 aromatic carbocycles. The van der Waals surface area contributed by atoms with E-state index in [2.05, 4.69) is 29.4 Å². The zero-order valence-electron chi connectivity index (χ0n) is 16.0. The Balaban J connectivity index is 1.62. The predicted molar refractivity (Wildman–Crippen MR) is 116 cm³/mol. The van der Waals surface area contributed by atoms with Crippen LogP contribution < -0.4 is 5.73 Å². The van der Waals surface area contributed by atoms with E-state index in [1.165, 1.54) is 59.5 Å². The minimum atomic E-state index is 0.897. The summed E-state index contributed by atoms with van der Waals surface area (Å²) in [6.45, 7) is 5.37. The highest BCUT2D eigenvalue weighted by Gasteiger charge is 2.37. The van der Waals surface area contributed by atoms with Gasteiger partial charge < -0.3 is 10.6 Å². The lowest BCUT2D eigenvalue weighted by molar-refractivity contribution is 0.513. The van der Waals surface area contributed by atoms with Crippen LogP contribution in [-0.2, 0) is 0 Å². The van der Waals surface area contributed by atoms with Gasteiger partial charge in [-0.05, 0) is 72.5 Å². The molecule has 5 aliphatic rings. The van der Waals surface area contributed by atoms with E-state index in [9.17, 15) is 0 Å². The average molecular weight is 375 g/mol. The quantitative estimate of drug-likeness (QED) is 0.627. The summed E-state index contributed by atoms with van der Waals surface area (Å²) in [5.74, 6) is 2.36. The minimum Gasteiger partial charge on any atom is -0.402 e. The summed E-state index contributed by atoms with van der Waals surface area (Å²) in [7, 11) is 3.34. The van der Waals surface area contributed by atoms with E-state index in [1.54, 1.807) is 0 Å². The summed E-state index contributed by atoms with van der Waals surface area (Å²) in [5.41, 5.74) is 19.6. The van der Waals surface area contributed by atoms with E-state index in [0.29, 0.717) is 0 Å². The van der Waals surface area contributed by atoms with Crippen LogP contribution >= 0.6 is 8.20 Å². The van der Waals surface area contributed by atoms with Gasteiger partial charge in [0.15, 0.2) is 0 Å². The lowest BCUT2D eigenvalue weighted by Crippen LogP contribution is -2.24. The molecule has 27 heavy (non-hydrogen) atoms. The third-order valence-corrected chi connectivity index (χ3v) is 7.38. The van der Waals surface area contributed by atoms with Crippen LogP contribution in [-0.4, -0.2) is 36.2 Å². The molecule has 2 fully saturated rings. The Morgan fingerprint density at radius 2 is 2.00 bits per heavy atom. The second kappa shape index (κ2) is 6.49. The Morgan fingerprint density at radius 1 is 1.15 bits per heavy atom. The summed E-state index contributed by atoms with van der Waals surface area (Å²) in [5, 5.41) is 0. The Kier molecular flexibility index (Phi) is 4.09. The Labute approximate surface area is 163 Å². The first kappa shape index (κ1) is 17.0. The molecular formula is C23H26N3P. The van der Waals surface area contributed by atoms with Crippen LogP contribution in [0.3, 0.4) is 0 Å². The fourth-order valence-electron chi connectivity index (χ4n) is 5.08.